The van der Waals surface area contributed by atoms with Gasteiger partial charge in [0, 0.05) is 6.42 Å². The average Bonchev–Trinajstić information content (AvgIpc) is 2.63. The number of hydrogen-bond donors (Lipinski definition) is 1. The second-order valence-corrected chi connectivity index (χ2v) is 5.55. The number of hydrogen-bond acceptors (Lipinski definition) is 2. The van der Waals surface area contributed by atoms with Gasteiger partial charge in [-0.3, -0.25) is 0 Å². The maximum atomic E-state index is 10.0. The molecule has 2 nitrogen and oxygen atoms in total. The van der Waals surface area contributed by atoms with Gasteiger partial charge in [-0.15, -0.1) is 0 Å². The highest BCUT2D eigenvalue weighted by Gasteiger charge is 2.15. The third-order valence-corrected chi connectivity index (χ3v) is 4.25. The molecule has 1 N–H and O–H groups in total. The van der Waals surface area contributed by atoms with Gasteiger partial charge in [-0.05, 0) is 50.4 Å². The zero-order valence-corrected chi connectivity index (χ0v) is 12.5. The summed E-state index contributed by atoms with van der Waals surface area (Å²) in [4.78, 5) is 0. The third-order valence-electron chi connectivity index (χ3n) is 2.54. The normalized spacial score (nSPS) is 12.7. The van der Waals surface area contributed by atoms with Crippen LogP contribution in [0.15, 0.2) is 43.9 Å². The van der Waals surface area contributed by atoms with E-state index >= 15 is 0 Å². The summed E-state index contributed by atoms with van der Waals surface area (Å²) in [6.07, 6.45) is -0.0764. The number of aryl methyl sites for hydroxylation is 1. The van der Waals surface area contributed by atoms with Gasteiger partial charge in [0.25, 0.3) is 0 Å². The number of furan rings is 1. The molecule has 0 aliphatic rings. The topological polar surface area (TPSA) is 33.4 Å². The van der Waals surface area contributed by atoms with Gasteiger partial charge in [-0.2, -0.15) is 0 Å². The van der Waals surface area contributed by atoms with Crippen molar-refractivity contribution in [1.29, 1.82) is 0 Å². The van der Waals surface area contributed by atoms with E-state index in [4.69, 9.17) is 4.42 Å². The fourth-order valence-corrected chi connectivity index (χ4v) is 2.18. The zero-order chi connectivity index (χ0) is 12.4. The number of rotatable bonds is 3. The van der Waals surface area contributed by atoms with E-state index in [1.807, 2.05) is 31.2 Å². The molecule has 0 radical (unpaired) electrons. The lowest BCUT2D eigenvalue weighted by Gasteiger charge is -2.07. The van der Waals surface area contributed by atoms with E-state index in [1.165, 1.54) is 5.56 Å². The minimum atomic E-state index is -0.625. The predicted molar refractivity (Wildman–Crippen MR) is 74.0 cm³/mol. The molecule has 0 fully saturated rings. The Balaban J connectivity index is 2.11. The molecule has 0 aliphatic carbocycles. The van der Waals surface area contributed by atoms with Crippen LogP contribution in [0, 0.1) is 6.92 Å². The second kappa shape index (κ2) is 5.38. The second-order valence-electron chi connectivity index (χ2n) is 3.98. The van der Waals surface area contributed by atoms with Crippen molar-refractivity contribution in [3.63, 3.8) is 0 Å². The van der Waals surface area contributed by atoms with E-state index in [0.717, 1.165) is 10.0 Å². The maximum Gasteiger partial charge on any atom is 0.183 e. The molecule has 0 spiro atoms. The van der Waals surface area contributed by atoms with Gasteiger partial charge >= 0.3 is 0 Å². The number of benzene rings is 1. The van der Waals surface area contributed by atoms with Crippen molar-refractivity contribution in [2.24, 2.45) is 0 Å². The molecule has 90 valence electrons. The van der Waals surface area contributed by atoms with Crippen molar-refractivity contribution in [3.05, 3.63) is 56.4 Å². The Labute approximate surface area is 117 Å². The van der Waals surface area contributed by atoms with Crippen molar-refractivity contribution in [3.8, 4) is 0 Å². The first-order valence-electron chi connectivity index (χ1n) is 5.24. The lowest BCUT2D eigenvalue weighted by Crippen LogP contribution is -2.00. The fourth-order valence-electron chi connectivity index (χ4n) is 1.58. The van der Waals surface area contributed by atoms with Gasteiger partial charge in [-0.1, -0.05) is 29.8 Å². The Morgan fingerprint density at radius 2 is 1.88 bits per heavy atom. The van der Waals surface area contributed by atoms with Crippen molar-refractivity contribution >= 4 is 31.9 Å². The van der Waals surface area contributed by atoms with Crippen LogP contribution in [0.5, 0.6) is 0 Å². The van der Waals surface area contributed by atoms with E-state index in [-0.39, 0.29) is 0 Å². The molecular weight excluding hydrogens is 348 g/mol. The van der Waals surface area contributed by atoms with Crippen LogP contribution < -0.4 is 0 Å². The van der Waals surface area contributed by atoms with Gasteiger partial charge in [0.2, 0.25) is 0 Å². The standard InChI is InChI=1S/C13H12Br2O2/c1-8-2-4-9(5-3-8)6-11(16)12-7-10(14)13(15)17-12/h2-5,7,11,16H,6H2,1H3. The molecule has 1 unspecified atom stereocenters. The van der Waals surface area contributed by atoms with E-state index in [2.05, 4.69) is 31.9 Å². The molecule has 1 heterocycles. The molecule has 17 heavy (non-hydrogen) atoms. The first kappa shape index (κ1) is 12.9. The van der Waals surface area contributed by atoms with Crippen LogP contribution in [-0.4, -0.2) is 5.11 Å². The zero-order valence-electron chi connectivity index (χ0n) is 9.28. The molecule has 1 aromatic heterocycles. The van der Waals surface area contributed by atoms with Crippen LogP contribution in [0.25, 0.3) is 0 Å². The highest BCUT2D eigenvalue weighted by atomic mass is 79.9. The van der Waals surface area contributed by atoms with Crippen LogP contribution in [0.4, 0.5) is 0 Å². The molecular formula is C13H12Br2O2. The molecule has 0 aliphatic heterocycles. The average molecular weight is 360 g/mol. The Hall–Kier alpha value is -0.580. The van der Waals surface area contributed by atoms with Crippen molar-refractivity contribution in [1.82, 2.24) is 0 Å². The number of aliphatic hydroxyl groups is 1. The van der Waals surface area contributed by atoms with Gasteiger partial charge in [0.15, 0.2) is 4.67 Å². The van der Waals surface area contributed by atoms with Crippen molar-refractivity contribution in [2.75, 3.05) is 0 Å². The summed E-state index contributed by atoms with van der Waals surface area (Å²) in [6.45, 7) is 2.04. The molecule has 2 rings (SSSR count). The van der Waals surface area contributed by atoms with Gasteiger partial charge in [0.05, 0.1) is 4.47 Å². The van der Waals surface area contributed by atoms with Crippen LogP contribution in [-0.2, 0) is 6.42 Å². The lowest BCUT2D eigenvalue weighted by atomic mass is 10.1. The Kier molecular flexibility index (Phi) is 4.07. The molecule has 2 aromatic rings. The summed E-state index contributed by atoms with van der Waals surface area (Å²) < 4.78 is 6.81. The van der Waals surface area contributed by atoms with E-state index in [0.29, 0.717) is 16.9 Å². The first-order chi connectivity index (χ1) is 8.06. The van der Waals surface area contributed by atoms with Gasteiger partial charge < -0.3 is 9.52 Å². The minimum Gasteiger partial charge on any atom is -0.450 e. The Morgan fingerprint density at radius 1 is 1.24 bits per heavy atom. The minimum absolute atomic E-state index is 0.548. The molecule has 0 saturated heterocycles. The van der Waals surface area contributed by atoms with Gasteiger partial charge in [-0.25, -0.2) is 0 Å². The van der Waals surface area contributed by atoms with Crippen molar-refractivity contribution in [2.45, 2.75) is 19.4 Å². The highest BCUT2D eigenvalue weighted by Crippen LogP contribution is 2.31. The van der Waals surface area contributed by atoms with Crippen LogP contribution in [0.3, 0.4) is 0 Å². The highest BCUT2D eigenvalue weighted by molar-refractivity contribution is 9.13. The van der Waals surface area contributed by atoms with Crippen LogP contribution in [0.1, 0.15) is 23.0 Å². The van der Waals surface area contributed by atoms with Crippen molar-refractivity contribution < 1.29 is 9.52 Å². The summed E-state index contributed by atoms with van der Waals surface area (Å²) in [6, 6.07) is 9.89. The number of halogens is 2. The Morgan fingerprint density at radius 3 is 2.41 bits per heavy atom. The first-order valence-corrected chi connectivity index (χ1v) is 6.83. The van der Waals surface area contributed by atoms with E-state index in [9.17, 15) is 5.11 Å². The van der Waals surface area contributed by atoms with Crippen LogP contribution in [0.2, 0.25) is 0 Å². The molecule has 0 bridgehead atoms. The SMILES string of the molecule is Cc1ccc(CC(O)c2cc(Br)c(Br)o2)cc1. The number of aliphatic hydroxyl groups excluding tert-OH is 1. The molecule has 1 atom stereocenters. The quantitative estimate of drug-likeness (QED) is 0.881. The molecule has 1 aromatic carbocycles. The molecule has 0 amide bonds. The van der Waals surface area contributed by atoms with E-state index in [1.54, 1.807) is 6.07 Å². The summed E-state index contributed by atoms with van der Waals surface area (Å²) in [5, 5.41) is 10.0. The summed E-state index contributed by atoms with van der Waals surface area (Å²) in [5.41, 5.74) is 2.30. The monoisotopic (exact) mass is 358 g/mol. The lowest BCUT2D eigenvalue weighted by molar-refractivity contribution is 0.149. The van der Waals surface area contributed by atoms with Crippen LogP contribution >= 0.6 is 31.9 Å². The van der Waals surface area contributed by atoms with Gasteiger partial charge in [0.1, 0.15) is 11.9 Å². The summed E-state index contributed by atoms with van der Waals surface area (Å²) in [7, 11) is 0. The Bertz CT molecular complexity index is 483. The largest absolute Gasteiger partial charge is 0.450 e. The fraction of sp³-hybridized carbons (Fsp3) is 0.231. The summed E-state index contributed by atoms with van der Waals surface area (Å²) >= 11 is 6.58. The maximum absolute atomic E-state index is 10.0. The molecule has 0 saturated carbocycles. The third kappa shape index (κ3) is 3.21. The smallest absolute Gasteiger partial charge is 0.183 e. The summed E-state index contributed by atoms with van der Waals surface area (Å²) in [5.74, 6) is 0.560. The molecule has 4 heteroatoms. The van der Waals surface area contributed by atoms with E-state index < -0.39 is 6.10 Å². The predicted octanol–water partition coefficient (Wildman–Crippen LogP) is 4.39.